The zero-order valence-electron chi connectivity index (χ0n) is 15.8. The molecule has 0 unspecified atom stereocenters. The molecule has 3 aromatic rings. The number of hydrogen-bond donors (Lipinski definition) is 0. The Labute approximate surface area is 174 Å². The topological polar surface area (TPSA) is 35.5 Å². The molecule has 1 heterocycles. The molecule has 0 fully saturated rings. The fourth-order valence-electron chi connectivity index (χ4n) is 2.69. The second-order valence-corrected chi connectivity index (χ2v) is 7.74. The zero-order valence-corrected chi connectivity index (χ0v) is 17.3. The lowest BCUT2D eigenvalue weighted by molar-refractivity contribution is 0.105. The first kappa shape index (κ1) is 20.2. The number of aryl methyl sites for hydroxylation is 1. The molecular formula is C23H21ClO3S. The lowest BCUT2D eigenvalue weighted by atomic mass is 10.1. The lowest BCUT2D eigenvalue weighted by Crippen LogP contribution is -1.99. The van der Waals surface area contributed by atoms with E-state index in [1.807, 2.05) is 48.5 Å². The first-order valence-electron chi connectivity index (χ1n) is 8.95. The second kappa shape index (κ2) is 9.58. The van der Waals surface area contributed by atoms with Crippen molar-refractivity contribution in [1.82, 2.24) is 0 Å². The van der Waals surface area contributed by atoms with E-state index in [-0.39, 0.29) is 5.78 Å². The van der Waals surface area contributed by atoms with Gasteiger partial charge in [0.15, 0.2) is 5.78 Å². The fourth-order valence-corrected chi connectivity index (χ4v) is 3.74. The number of halogens is 1. The summed E-state index contributed by atoms with van der Waals surface area (Å²) in [6.07, 6.45) is 4.36. The van der Waals surface area contributed by atoms with Crippen molar-refractivity contribution >= 4 is 34.8 Å². The van der Waals surface area contributed by atoms with Crippen LogP contribution in [0.1, 0.15) is 32.6 Å². The number of thiophene rings is 1. The van der Waals surface area contributed by atoms with Crippen LogP contribution in [0, 0.1) is 0 Å². The Morgan fingerprint density at radius 3 is 2.71 bits per heavy atom. The average molecular weight is 413 g/mol. The van der Waals surface area contributed by atoms with Gasteiger partial charge in [0.25, 0.3) is 0 Å². The summed E-state index contributed by atoms with van der Waals surface area (Å²) in [5.41, 5.74) is 1.80. The third-order valence-corrected chi connectivity index (χ3v) is 5.65. The maximum absolute atomic E-state index is 12.4. The van der Waals surface area contributed by atoms with Crippen molar-refractivity contribution in [3.05, 3.63) is 86.6 Å². The van der Waals surface area contributed by atoms with Crippen LogP contribution in [0.3, 0.4) is 0 Å². The minimum absolute atomic E-state index is 0.0113. The summed E-state index contributed by atoms with van der Waals surface area (Å²) in [6, 6.07) is 16.9. The van der Waals surface area contributed by atoms with Crippen molar-refractivity contribution in [3.8, 4) is 11.5 Å². The standard InChI is InChI=1S/C23H21ClO3S/c1-3-20-9-12-23(28-20)21(25)10-7-16-8-11-22(26-2)17(13-16)15-27-19-6-4-5-18(24)14-19/h4-14H,3,15H2,1-2H3/b10-7+. The maximum Gasteiger partial charge on any atom is 0.195 e. The van der Waals surface area contributed by atoms with Gasteiger partial charge >= 0.3 is 0 Å². The lowest BCUT2D eigenvalue weighted by Gasteiger charge is -2.11. The van der Waals surface area contributed by atoms with Gasteiger partial charge in [0.05, 0.1) is 12.0 Å². The van der Waals surface area contributed by atoms with Gasteiger partial charge in [0.2, 0.25) is 0 Å². The van der Waals surface area contributed by atoms with Gasteiger partial charge in [0, 0.05) is 15.5 Å². The predicted molar refractivity (Wildman–Crippen MR) is 116 cm³/mol. The molecular weight excluding hydrogens is 392 g/mol. The van der Waals surface area contributed by atoms with Crippen LogP contribution in [0.2, 0.25) is 5.02 Å². The van der Waals surface area contributed by atoms with Crippen molar-refractivity contribution in [3.63, 3.8) is 0 Å². The molecule has 2 aromatic carbocycles. The molecule has 0 spiro atoms. The normalized spacial score (nSPS) is 11.0. The van der Waals surface area contributed by atoms with E-state index in [0.717, 1.165) is 28.2 Å². The quantitative estimate of drug-likeness (QED) is 0.315. The highest BCUT2D eigenvalue weighted by Crippen LogP contribution is 2.24. The maximum atomic E-state index is 12.4. The van der Waals surface area contributed by atoms with Crippen LogP contribution in [-0.4, -0.2) is 12.9 Å². The van der Waals surface area contributed by atoms with Crippen LogP contribution in [0.5, 0.6) is 11.5 Å². The summed E-state index contributed by atoms with van der Waals surface area (Å²) in [6.45, 7) is 2.42. The minimum Gasteiger partial charge on any atom is -0.496 e. The number of benzene rings is 2. The van der Waals surface area contributed by atoms with E-state index in [2.05, 4.69) is 6.92 Å². The highest BCUT2D eigenvalue weighted by atomic mass is 35.5. The van der Waals surface area contributed by atoms with E-state index in [0.29, 0.717) is 17.4 Å². The molecule has 1 aromatic heterocycles. The van der Waals surface area contributed by atoms with E-state index in [9.17, 15) is 4.79 Å². The molecule has 28 heavy (non-hydrogen) atoms. The first-order valence-corrected chi connectivity index (χ1v) is 10.1. The molecule has 0 bridgehead atoms. The van der Waals surface area contributed by atoms with Crippen LogP contribution in [0.4, 0.5) is 0 Å². The van der Waals surface area contributed by atoms with E-state index in [4.69, 9.17) is 21.1 Å². The van der Waals surface area contributed by atoms with Crippen molar-refractivity contribution in [2.45, 2.75) is 20.0 Å². The van der Waals surface area contributed by atoms with Gasteiger partial charge in [0.1, 0.15) is 18.1 Å². The SMILES string of the molecule is CCc1ccc(C(=O)/C=C/c2ccc(OC)c(COc3cccc(Cl)c3)c2)s1. The molecule has 0 amide bonds. The minimum atomic E-state index is 0.0113. The molecule has 144 valence electrons. The molecule has 3 nitrogen and oxygen atoms in total. The number of ether oxygens (including phenoxy) is 2. The van der Waals surface area contributed by atoms with Gasteiger partial charge < -0.3 is 9.47 Å². The Hall–Kier alpha value is -2.56. The molecule has 0 radical (unpaired) electrons. The van der Waals surface area contributed by atoms with Crippen molar-refractivity contribution in [1.29, 1.82) is 0 Å². The zero-order chi connectivity index (χ0) is 19.9. The highest BCUT2D eigenvalue weighted by Gasteiger charge is 2.08. The van der Waals surface area contributed by atoms with E-state index in [1.165, 1.54) is 4.88 Å². The smallest absolute Gasteiger partial charge is 0.195 e. The molecule has 0 saturated carbocycles. The Balaban J connectivity index is 1.73. The number of allylic oxidation sites excluding steroid dienone is 1. The van der Waals surface area contributed by atoms with Crippen molar-refractivity contribution in [2.24, 2.45) is 0 Å². The summed E-state index contributed by atoms with van der Waals surface area (Å²) < 4.78 is 11.3. The summed E-state index contributed by atoms with van der Waals surface area (Å²) in [7, 11) is 1.62. The molecule has 0 aliphatic heterocycles. The Morgan fingerprint density at radius 1 is 1.14 bits per heavy atom. The van der Waals surface area contributed by atoms with Gasteiger partial charge in [-0.2, -0.15) is 0 Å². The average Bonchev–Trinajstić information content (AvgIpc) is 3.20. The van der Waals surface area contributed by atoms with E-state index in [1.54, 1.807) is 36.7 Å². The van der Waals surface area contributed by atoms with Gasteiger partial charge in [-0.3, -0.25) is 4.79 Å². The molecule has 0 atom stereocenters. The predicted octanol–water partition coefficient (Wildman–Crippen LogP) is 6.45. The third kappa shape index (κ3) is 5.24. The highest BCUT2D eigenvalue weighted by molar-refractivity contribution is 7.14. The Kier molecular flexibility index (Phi) is 6.90. The monoisotopic (exact) mass is 412 g/mol. The second-order valence-electron chi connectivity index (χ2n) is 6.13. The number of carbonyl (C=O) groups excluding carboxylic acids is 1. The van der Waals surface area contributed by atoms with Crippen LogP contribution in [0.15, 0.2) is 60.7 Å². The largest absolute Gasteiger partial charge is 0.496 e. The van der Waals surface area contributed by atoms with Gasteiger partial charge in [-0.25, -0.2) is 0 Å². The fraction of sp³-hybridized carbons (Fsp3) is 0.174. The third-order valence-electron chi connectivity index (χ3n) is 4.18. The molecule has 3 rings (SSSR count). The van der Waals surface area contributed by atoms with Crippen molar-refractivity contribution in [2.75, 3.05) is 7.11 Å². The van der Waals surface area contributed by atoms with Crippen LogP contribution < -0.4 is 9.47 Å². The van der Waals surface area contributed by atoms with Gasteiger partial charge in [-0.15, -0.1) is 11.3 Å². The molecule has 0 aliphatic rings. The summed E-state index contributed by atoms with van der Waals surface area (Å²) >= 11 is 7.54. The van der Waals surface area contributed by atoms with Gasteiger partial charge in [-0.1, -0.05) is 36.7 Å². The number of methoxy groups -OCH3 is 1. The van der Waals surface area contributed by atoms with Crippen molar-refractivity contribution < 1.29 is 14.3 Å². The molecule has 5 heteroatoms. The van der Waals surface area contributed by atoms with E-state index < -0.39 is 0 Å². The van der Waals surface area contributed by atoms with E-state index >= 15 is 0 Å². The summed E-state index contributed by atoms with van der Waals surface area (Å²) in [4.78, 5) is 14.3. The Morgan fingerprint density at radius 2 is 2.00 bits per heavy atom. The van der Waals surface area contributed by atoms with Gasteiger partial charge in [-0.05, 0) is 60.5 Å². The molecule has 0 saturated heterocycles. The number of rotatable bonds is 8. The van der Waals surface area contributed by atoms with Crippen LogP contribution in [0.25, 0.3) is 6.08 Å². The summed E-state index contributed by atoms with van der Waals surface area (Å²) in [5, 5.41) is 0.625. The molecule has 0 aliphatic carbocycles. The summed E-state index contributed by atoms with van der Waals surface area (Å²) in [5.74, 6) is 1.43. The van der Waals surface area contributed by atoms with Crippen LogP contribution in [-0.2, 0) is 13.0 Å². The number of carbonyl (C=O) groups is 1. The number of ketones is 1. The Bertz CT molecular complexity index is 991. The first-order chi connectivity index (χ1) is 13.6. The number of hydrogen-bond acceptors (Lipinski definition) is 4. The van der Waals surface area contributed by atoms with Crippen LogP contribution >= 0.6 is 22.9 Å². The molecule has 0 N–H and O–H groups in total.